The molecule has 0 saturated carbocycles. The van der Waals surface area contributed by atoms with Crippen LogP contribution in [0.1, 0.15) is 50.0 Å². The second-order valence-corrected chi connectivity index (χ2v) is 6.83. The van der Waals surface area contributed by atoms with Crippen molar-refractivity contribution in [1.29, 1.82) is 0 Å². The predicted octanol–water partition coefficient (Wildman–Crippen LogP) is 4.62. The Morgan fingerprint density at radius 3 is 2.23 bits per heavy atom. The minimum Gasteiger partial charge on any atom is -0.491 e. The SMILES string of the molecule is CC(C)Oc1ccc(CCCNC(=O)c2ccccc2OC(C)C)cc1. The van der Waals surface area contributed by atoms with E-state index in [9.17, 15) is 4.79 Å². The molecule has 4 heteroatoms. The van der Waals surface area contributed by atoms with Crippen LogP contribution in [0.2, 0.25) is 0 Å². The number of rotatable bonds is 9. The first kappa shape index (κ1) is 19.8. The molecule has 0 aliphatic carbocycles. The molecule has 1 N–H and O–H groups in total. The van der Waals surface area contributed by atoms with Crippen molar-refractivity contribution in [1.82, 2.24) is 5.32 Å². The fourth-order valence-electron chi connectivity index (χ4n) is 2.61. The van der Waals surface area contributed by atoms with Crippen LogP contribution in [-0.4, -0.2) is 24.7 Å². The minimum absolute atomic E-state index is 0.0339. The first-order valence-corrected chi connectivity index (χ1v) is 9.25. The van der Waals surface area contributed by atoms with Crippen LogP contribution in [0.4, 0.5) is 0 Å². The Kier molecular flexibility index (Phi) is 7.52. The highest BCUT2D eigenvalue weighted by Crippen LogP contribution is 2.19. The highest BCUT2D eigenvalue weighted by atomic mass is 16.5. The Bertz CT molecular complexity index is 693. The number of hydrogen-bond acceptors (Lipinski definition) is 3. The number of ether oxygens (including phenoxy) is 2. The van der Waals surface area contributed by atoms with Crippen molar-refractivity contribution in [3.63, 3.8) is 0 Å². The van der Waals surface area contributed by atoms with Gasteiger partial charge in [-0.15, -0.1) is 0 Å². The van der Waals surface area contributed by atoms with E-state index in [0.29, 0.717) is 17.9 Å². The average Bonchev–Trinajstić information content (AvgIpc) is 2.59. The van der Waals surface area contributed by atoms with Gasteiger partial charge >= 0.3 is 0 Å². The molecule has 0 spiro atoms. The molecular weight excluding hydrogens is 326 g/mol. The predicted molar refractivity (Wildman–Crippen MR) is 105 cm³/mol. The third kappa shape index (κ3) is 6.43. The summed E-state index contributed by atoms with van der Waals surface area (Å²) < 4.78 is 11.4. The Hall–Kier alpha value is -2.49. The summed E-state index contributed by atoms with van der Waals surface area (Å²) in [6.45, 7) is 8.55. The van der Waals surface area contributed by atoms with Gasteiger partial charge in [0.25, 0.3) is 5.91 Å². The lowest BCUT2D eigenvalue weighted by atomic mass is 10.1. The van der Waals surface area contributed by atoms with E-state index in [2.05, 4.69) is 17.4 Å². The highest BCUT2D eigenvalue weighted by Gasteiger charge is 2.12. The summed E-state index contributed by atoms with van der Waals surface area (Å²) in [5.74, 6) is 1.42. The van der Waals surface area contributed by atoms with Gasteiger partial charge in [-0.05, 0) is 70.4 Å². The zero-order chi connectivity index (χ0) is 18.9. The molecule has 1 amide bonds. The minimum atomic E-state index is -0.0954. The third-order valence-electron chi connectivity index (χ3n) is 3.72. The van der Waals surface area contributed by atoms with Gasteiger partial charge in [0.15, 0.2) is 0 Å². The second kappa shape index (κ2) is 9.85. The van der Waals surface area contributed by atoms with Gasteiger partial charge in [-0.1, -0.05) is 24.3 Å². The molecule has 2 rings (SSSR count). The zero-order valence-corrected chi connectivity index (χ0v) is 16.1. The number of amides is 1. The molecular formula is C22H29NO3. The number of para-hydroxylation sites is 1. The molecule has 0 aliphatic heterocycles. The van der Waals surface area contributed by atoms with E-state index in [1.165, 1.54) is 5.56 Å². The maximum absolute atomic E-state index is 12.4. The fourth-order valence-corrected chi connectivity index (χ4v) is 2.61. The molecule has 0 atom stereocenters. The number of carbonyl (C=O) groups is 1. The molecule has 0 saturated heterocycles. The molecule has 140 valence electrons. The van der Waals surface area contributed by atoms with Gasteiger partial charge in [0.2, 0.25) is 0 Å². The Morgan fingerprint density at radius 1 is 0.923 bits per heavy atom. The van der Waals surface area contributed by atoms with Crippen molar-refractivity contribution < 1.29 is 14.3 Å². The Labute approximate surface area is 156 Å². The lowest BCUT2D eigenvalue weighted by molar-refractivity contribution is 0.0947. The van der Waals surface area contributed by atoms with E-state index < -0.39 is 0 Å². The molecule has 4 nitrogen and oxygen atoms in total. The third-order valence-corrected chi connectivity index (χ3v) is 3.72. The Morgan fingerprint density at radius 2 is 1.58 bits per heavy atom. The number of hydrogen-bond donors (Lipinski definition) is 1. The molecule has 0 radical (unpaired) electrons. The maximum atomic E-state index is 12.4. The average molecular weight is 355 g/mol. The standard InChI is InChI=1S/C22H29NO3/c1-16(2)25-19-13-11-18(12-14-19)8-7-15-23-22(24)20-9-5-6-10-21(20)26-17(3)4/h5-6,9-14,16-17H,7-8,15H2,1-4H3,(H,23,24). The molecule has 26 heavy (non-hydrogen) atoms. The van der Waals surface area contributed by atoms with E-state index in [-0.39, 0.29) is 18.1 Å². The van der Waals surface area contributed by atoms with Crippen molar-refractivity contribution in [3.8, 4) is 11.5 Å². The lowest BCUT2D eigenvalue weighted by Crippen LogP contribution is -2.25. The van der Waals surface area contributed by atoms with Crippen molar-refractivity contribution in [2.45, 2.75) is 52.7 Å². The molecule has 0 bridgehead atoms. The molecule has 0 fully saturated rings. The van der Waals surface area contributed by atoms with Crippen LogP contribution in [0.5, 0.6) is 11.5 Å². The highest BCUT2D eigenvalue weighted by molar-refractivity contribution is 5.96. The van der Waals surface area contributed by atoms with Gasteiger partial charge in [0.05, 0.1) is 17.8 Å². The van der Waals surface area contributed by atoms with Crippen molar-refractivity contribution in [2.24, 2.45) is 0 Å². The maximum Gasteiger partial charge on any atom is 0.255 e. The van der Waals surface area contributed by atoms with Gasteiger partial charge in [-0.25, -0.2) is 0 Å². The summed E-state index contributed by atoms with van der Waals surface area (Å²) in [5.41, 5.74) is 1.82. The smallest absolute Gasteiger partial charge is 0.255 e. The zero-order valence-electron chi connectivity index (χ0n) is 16.1. The van der Waals surface area contributed by atoms with Crippen LogP contribution in [0.15, 0.2) is 48.5 Å². The van der Waals surface area contributed by atoms with E-state index in [1.54, 1.807) is 6.07 Å². The van der Waals surface area contributed by atoms with Crippen LogP contribution in [-0.2, 0) is 6.42 Å². The summed E-state index contributed by atoms with van der Waals surface area (Å²) in [7, 11) is 0. The summed E-state index contributed by atoms with van der Waals surface area (Å²) in [6.07, 6.45) is 2.00. The number of benzene rings is 2. The van der Waals surface area contributed by atoms with E-state index in [4.69, 9.17) is 9.47 Å². The van der Waals surface area contributed by atoms with E-state index >= 15 is 0 Å². The van der Waals surface area contributed by atoms with Crippen molar-refractivity contribution in [3.05, 3.63) is 59.7 Å². The van der Waals surface area contributed by atoms with Gasteiger partial charge in [0, 0.05) is 6.54 Å². The molecule has 0 aliphatic rings. The monoisotopic (exact) mass is 355 g/mol. The quantitative estimate of drug-likeness (QED) is 0.668. The van der Waals surface area contributed by atoms with Gasteiger partial charge in [-0.2, -0.15) is 0 Å². The van der Waals surface area contributed by atoms with Gasteiger partial charge < -0.3 is 14.8 Å². The normalized spacial score (nSPS) is 10.8. The molecule has 0 heterocycles. The van der Waals surface area contributed by atoms with Gasteiger partial charge in [-0.3, -0.25) is 4.79 Å². The molecule has 2 aromatic carbocycles. The van der Waals surface area contributed by atoms with E-state index in [1.807, 2.05) is 58.0 Å². The van der Waals surface area contributed by atoms with Crippen LogP contribution >= 0.6 is 0 Å². The summed E-state index contributed by atoms with van der Waals surface area (Å²) in [6, 6.07) is 15.5. The van der Waals surface area contributed by atoms with Crippen LogP contribution in [0, 0.1) is 0 Å². The summed E-state index contributed by atoms with van der Waals surface area (Å²) in [4.78, 5) is 12.4. The first-order chi connectivity index (χ1) is 12.5. The Balaban J connectivity index is 1.80. The molecule has 0 unspecified atom stereocenters. The molecule has 0 aromatic heterocycles. The number of aryl methyl sites for hydroxylation is 1. The van der Waals surface area contributed by atoms with Crippen LogP contribution in [0.25, 0.3) is 0 Å². The van der Waals surface area contributed by atoms with Crippen molar-refractivity contribution in [2.75, 3.05) is 6.54 Å². The lowest BCUT2D eigenvalue weighted by Gasteiger charge is -2.14. The van der Waals surface area contributed by atoms with Gasteiger partial charge in [0.1, 0.15) is 11.5 Å². The van der Waals surface area contributed by atoms with Crippen LogP contribution in [0.3, 0.4) is 0 Å². The number of carbonyl (C=O) groups excluding carboxylic acids is 1. The summed E-state index contributed by atoms with van der Waals surface area (Å²) >= 11 is 0. The second-order valence-electron chi connectivity index (χ2n) is 6.83. The largest absolute Gasteiger partial charge is 0.491 e. The van der Waals surface area contributed by atoms with Crippen LogP contribution < -0.4 is 14.8 Å². The fraction of sp³-hybridized carbons (Fsp3) is 0.409. The first-order valence-electron chi connectivity index (χ1n) is 9.25. The summed E-state index contributed by atoms with van der Waals surface area (Å²) in [5, 5.41) is 2.98. The molecule has 2 aromatic rings. The van der Waals surface area contributed by atoms with Crippen molar-refractivity contribution >= 4 is 5.91 Å². The topological polar surface area (TPSA) is 47.6 Å². The van der Waals surface area contributed by atoms with E-state index in [0.717, 1.165) is 18.6 Å². The number of nitrogens with one attached hydrogen (secondary N) is 1.